The van der Waals surface area contributed by atoms with Crippen molar-refractivity contribution in [2.75, 3.05) is 19.8 Å². The van der Waals surface area contributed by atoms with Gasteiger partial charge in [-0.25, -0.2) is 0 Å². The minimum atomic E-state index is 0.0119. The maximum Gasteiger partial charge on any atom is 0.220 e. The van der Waals surface area contributed by atoms with Crippen LogP contribution in [0.1, 0.15) is 57.4 Å². The fourth-order valence-electron chi connectivity index (χ4n) is 3.39. The van der Waals surface area contributed by atoms with E-state index in [0.717, 1.165) is 37.0 Å². The number of rotatable bonds is 8. The zero-order valence-corrected chi connectivity index (χ0v) is 14.3. The van der Waals surface area contributed by atoms with Gasteiger partial charge >= 0.3 is 0 Å². The average molecular weight is 319 g/mol. The Balaban J connectivity index is 1.93. The molecule has 0 aliphatic carbocycles. The number of aliphatic hydroxyl groups is 1. The minimum absolute atomic E-state index is 0.0119. The molecular formula is C19H29NO3. The predicted molar refractivity (Wildman–Crippen MR) is 91.6 cm³/mol. The molecule has 4 heteroatoms. The molecule has 23 heavy (non-hydrogen) atoms. The number of amides is 1. The van der Waals surface area contributed by atoms with Gasteiger partial charge in [0.05, 0.1) is 6.61 Å². The molecule has 0 aromatic heterocycles. The van der Waals surface area contributed by atoms with Crippen LogP contribution in [0.5, 0.6) is 5.75 Å². The van der Waals surface area contributed by atoms with Gasteiger partial charge < -0.3 is 15.2 Å². The Morgan fingerprint density at radius 2 is 2.09 bits per heavy atom. The maximum atomic E-state index is 12.4. The lowest BCUT2D eigenvalue weighted by molar-refractivity contribution is -0.122. The normalized spacial score (nSPS) is 17.3. The Bertz CT molecular complexity index is 511. The molecule has 1 amide bonds. The summed E-state index contributed by atoms with van der Waals surface area (Å²) >= 11 is 0. The van der Waals surface area contributed by atoms with Gasteiger partial charge in [-0.2, -0.15) is 0 Å². The highest BCUT2D eigenvalue weighted by Crippen LogP contribution is 2.35. The third kappa shape index (κ3) is 4.47. The Morgan fingerprint density at radius 3 is 2.78 bits per heavy atom. The molecule has 1 aliphatic heterocycles. The number of fused-ring (bicyclic) bond motifs is 1. The topological polar surface area (TPSA) is 58.6 Å². The lowest BCUT2D eigenvalue weighted by Crippen LogP contribution is -2.38. The van der Waals surface area contributed by atoms with Gasteiger partial charge in [-0.15, -0.1) is 0 Å². The summed E-state index contributed by atoms with van der Waals surface area (Å²) in [6, 6.07) is 7.99. The first-order valence-electron chi connectivity index (χ1n) is 8.73. The molecule has 1 aliphatic rings. The first kappa shape index (κ1) is 17.8. The number of hydrogen-bond acceptors (Lipinski definition) is 3. The van der Waals surface area contributed by atoms with Crippen LogP contribution in [-0.2, 0) is 4.79 Å². The number of ether oxygens (including phenoxy) is 1. The first-order chi connectivity index (χ1) is 11.1. The van der Waals surface area contributed by atoms with Gasteiger partial charge in [-0.3, -0.25) is 4.79 Å². The molecule has 1 atom stereocenters. The number of para-hydroxylation sites is 1. The van der Waals surface area contributed by atoms with Gasteiger partial charge in [0.2, 0.25) is 5.91 Å². The van der Waals surface area contributed by atoms with Crippen molar-refractivity contribution in [3.8, 4) is 5.75 Å². The number of hydrogen-bond donors (Lipinski definition) is 2. The van der Waals surface area contributed by atoms with Gasteiger partial charge in [-0.05, 0) is 48.6 Å². The molecule has 4 nitrogen and oxygen atoms in total. The molecule has 0 fully saturated rings. The molecule has 128 valence electrons. The van der Waals surface area contributed by atoms with E-state index < -0.39 is 0 Å². The monoisotopic (exact) mass is 319 g/mol. The van der Waals surface area contributed by atoms with Crippen molar-refractivity contribution >= 4 is 5.91 Å². The van der Waals surface area contributed by atoms with Crippen LogP contribution in [0.25, 0.3) is 0 Å². The van der Waals surface area contributed by atoms with Crippen molar-refractivity contribution in [1.82, 2.24) is 5.32 Å². The van der Waals surface area contributed by atoms with Crippen LogP contribution in [0.15, 0.2) is 24.3 Å². The quantitative estimate of drug-likeness (QED) is 0.773. The summed E-state index contributed by atoms with van der Waals surface area (Å²) in [5, 5.41) is 12.4. The number of aliphatic hydroxyl groups excluding tert-OH is 1. The second-order valence-corrected chi connectivity index (χ2v) is 6.53. The Kier molecular flexibility index (Phi) is 6.46. The van der Waals surface area contributed by atoms with Crippen LogP contribution in [0.3, 0.4) is 0 Å². The van der Waals surface area contributed by atoms with Crippen LogP contribution >= 0.6 is 0 Å². The van der Waals surface area contributed by atoms with E-state index in [-0.39, 0.29) is 23.8 Å². The van der Waals surface area contributed by atoms with Gasteiger partial charge in [0.25, 0.3) is 0 Å². The molecular weight excluding hydrogens is 290 g/mol. The molecule has 1 heterocycles. The number of nitrogens with one attached hydrogen (secondary N) is 1. The standard InChI is InChI=1S/C19H29NO3/c1-3-19(4-2,10-11-21)14-20-18(22)13-15-9-12-23-17-8-6-5-7-16(15)17/h5-8,15,21H,3-4,9-14H2,1-2H3,(H,20,22). The molecule has 1 aromatic rings. The highest BCUT2D eigenvalue weighted by Gasteiger charge is 2.28. The Labute approximate surface area is 139 Å². The number of carbonyl (C=O) groups excluding carboxylic acids is 1. The summed E-state index contributed by atoms with van der Waals surface area (Å²) in [6.07, 6.45) is 4.05. The number of benzene rings is 1. The van der Waals surface area contributed by atoms with Gasteiger partial charge in [-0.1, -0.05) is 32.0 Å². The van der Waals surface area contributed by atoms with E-state index >= 15 is 0 Å². The highest BCUT2D eigenvalue weighted by atomic mass is 16.5. The summed E-state index contributed by atoms with van der Waals surface area (Å²) in [5.41, 5.74) is 1.15. The van der Waals surface area contributed by atoms with E-state index in [4.69, 9.17) is 4.74 Å². The third-order valence-electron chi connectivity index (χ3n) is 5.32. The van der Waals surface area contributed by atoms with Crippen LogP contribution in [-0.4, -0.2) is 30.8 Å². The molecule has 2 rings (SSSR count). The summed E-state index contributed by atoms with van der Waals surface area (Å²) < 4.78 is 5.66. The van der Waals surface area contributed by atoms with Crippen LogP contribution in [0.4, 0.5) is 0 Å². The molecule has 0 radical (unpaired) electrons. The molecule has 2 N–H and O–H groups in total. The smallest absolute Gasteiger partial charge is 0.220 e. The molecule has 0 bridgehead atoms. The van der Waals surface area contributed by atoms with Crippen molar-refractivity contribution < 1.29 is 14.6 Å². The van der Waals surface area contributed by atoms with E-state index in [9.17, 15) is 9.90 Å². The summed E-state index contributed by atoms with van der Waals surface area (Å²) in [4.78, 5) is 12.4. The second kappa shape index (κ2) is 8.34. The van der Waals surface area contributed by atoms with Crippen molar-refractivity contribution in [1.29, 1.82) is 0 Å². The Morgan fingerprint density at radius 1 is 1.35 bits per heavy atom. The Hall–Kier alpha value is -1.55. The van der Waals surface area contributed by atoms with Gasteiger partial charge in [0.15, 0.2) is 0 Å². The molecule has 0 saturated carbocycles. The van der Waals surface area contributed by atoms with Crippen molar-refractivity contribution in [3.63, 3.8) is 0 Å². The zero-order valence-electron chi connectivity index (χ0n) is 14.3. The second-order valence-electron chi connectivity index (χ2n) is 6.53. The lowest BCUT2D eigenvalue weighted by Gasteiger charge is -2.32. The van der Waals surface area contributed by atoms with Crippen molar-refractivity contribution in [3.05, 3.63) is 29.8 Å². The third-order valence-corrected chi connectivity index (χ3v) is 5.32. The number of carbonyl (C=O) groups is 1. The van der Waals surface area contributed by atoms with E-state index in [0.29, 0.717) is 19.6 Å². The average Bonchev–Trinajstić information content (AvgIpc) is 2.59. The molecule has 1 aromatic carbocycles. The molecule has 1 unspecified atom stereocenters. The maximum absolute atomic E-state index is 12.4. The fourth-order valence-corrected chi connectivity index (χ4v) is 3.39. The van der Waals surface area contributed by atoms with E-state index in [1.165, 1.54) is 0 Å². The van der Waals surface area contributed by atoms with Gasteiger partial charge in [0, 0.05) is 19.6 Å². The van der Waals surface area contributed by atoms with Crippen LogP contribution in [0, 0.1) is 5.41 Å². The largest absolute Gasteiger partial charge is 0.493 e. The van der Waals surface area contributed by atoms with Crippen LogP contribution in [0.2, 0.25) is 0 Å². The summed E-state index contributed by atoms with van der Waals surface area (Å²) in [6.45, 7) is 5.74. The lowest BCUT2D eigenvalue weighted by atomic mass is 9.79. The summed E-state index contributed by atoms with van der Waals surface area (Å²) in [7, 11) is 0. The van der Waals surface area contributed by atoms with E-state index in [2.05, 4.69) is 25.2 Å². The van der Waals surface area contributed by atoms with E-state index in [1.807, 2.05) is 18.2 Å². The molecule has 0 saturated heterocycles. The zero-order chi connectivity index (χ0) is 16.7. The van der Waals surface area contributed by atoms with E-state index in [1.54, 1.807) is 0 Å². The van der Waals surface area contributed by atoms with Crippen molar-refractivity contribution in [2.24, 2.45) is 5.41 Å². The highest BCUT2D eigenvalue weighted by molar-refractivity contribution is 5.77. The molecule has 0 spiro atoms. The minimum Gasteiger partial charge on any atom is -0.493 e. The predicted octanol–water partition coefficient (Wildman–Crippen LogP) is 3.25. The summed E-state index contributed by atoms with van der Waals surface area (Å²) in [5.74, 6) is 1.24. The van der Waals surface area contributed by atoms with Crippen LogP contribution < -0.4 is 10.1 Å². The van der Waals surface area contributed by atoms with Gasteiger partial charge in [0.1, 0.15) is 5.75 Å². The first-order valence-corrected chi connectivity index (χ1v) is 8.73. The SMILES string of the molecule is CCC(CC)(CCO)CNC(=O)CC1CCOc2ccccc21. The van der Waals surface area contributed by atoms with Crippen molar-refractivity contribution in [2.45, 2.75) is 51.9 Å². The fraction of sp³-hybridized carbons (Fsp3) is 0.632.